The van der Waals surface area contributed by atoms with Gasteiger partial charge in [0.1, 0.15) is 5.01 Å². The summed E-state index contributed by atoms with van der Waals surface area (Å²) in [6, 6.07) is 0. The summed E-state index contributed by atoms with van der Waals surface area (Å²) in [5.74, 6) is 1.05. The van der Waals surface area contributed by atoms with E-state index in [0.29, 0.717) is 11.8 Å². The first kappa shape index (κ1) is 13.2. The third-order valence-corrected chi connectivity index (χ3v) is 4.46. The average Bonchev–Trinajstić information content (AvgIpc) is 2.67. The fourth-order valence-electron chi connectivity index (χ4n) is 1.19. The molecule has 1 aromatic rings. The molecule has 0 unspecified atom stereocenters. The van der Waals surface area contributed by atoms with Crippen LogP contribution in [0.2, 0.25) is 0 Å². The Morgan fingerprint density at radius 1 is 1.47 bits per heavy atom. The van der Waals surface area contributed by atoms with Gasteiger partial charge in [-0.2, -0.15) is 0 Å². The molecule has 0 amide bonds. The molecule has 0 saturated heterocycles. The van der Waals surface area contributed by atoms with Gasteiger partial charge >= 0.3 is 0 Å². The smallest absolute Gasteiger partial charge is 0.107 e. The molecular formula is C10H16Cl2N2S. The third kappa shape index (κ3) is 3.59. The number of aryl methyl sites for hydroxylation is 1. The van der Waals surface area contributed by atoms with Crippen LogP contribution in [0.4, 0.5) is 0 Å². The van der Waals surface area contributed by atoms with E-state index in [2.05, 4.69) is 17.2 Å². The van der Waals surface area contributed by atoms with Crippen LogP contribution >= 0.6 is 34.5 Å². The van der Waals surface area contributed by atoms with Gasteiger partial charge in [-0.05, 0) is 13.3 Å². The van der Waals surface area contributed by atoms with Crippen molar-refractivity contribution in [2.24, 2.45) is 0 Å². The minimum Gasteiger partial charge on any atom is -0.303 e. The monoisotopic (exact) mass is 266 g/mol. The predicted molar refractivity (Wildman–Crippen MR) is 68.2 cm³/mol. The van der Waals surface area contributed by atoms with Gasteiger partial charge in [-0.1, -0.05) is 6.92 Å². The first-order valence-corrected chi connectivity index (χ1v) is 6.88. The molecule has 1 aromatic heterocycles. The first-order valence-electron chi connectivity index (χ1n) is 4.94. The van der Waals surface area contributed by atoms with E-state index in [0.717, 1.165) is 23.7 Å². The van der Waals surface area contributed by atoms with Crippen LogP contribution in [0.5, 0.6) is 0 Å². The number of hydrogen-bond donors (Lipinski definition) is 1. The number of thiazole rings is 1. The van der Waals surface area contributed by atoms with Gasteiger partial charge in [0.05, 0.1) is 0 Å². The summed E-state index contributed by atoms with van der Waals surface area (Å²) in [7, 11) is 0. The van der Waals surface area contributed by atoms with Gasteiger partial charge in [-0.15, -0.1) is 34.5 Å². The van der Waals surface area contributed by atoms with E-state index in [4.69, 9.17) is 23.2 Å². The van der Waals surface area contributed by atoms with Gasteiger partial charge in [-0.25, -0.2) is 4.98 Å². The number of nitrogens with zero attached hydrogens (tertiary/aromatic N) is 1. The molecule has 2 nitrogen and oxygen atoms in total. The first-order chi connectivity index (χ1) is 7.15. The Labute approximate surface area is 105 Å². The lowest BCUT2D eigenvalue weighted by Crippen LogP contribution is -2.47. The summed E-state index contributed by atoms with van der Waals surface area (Å²) in [4.78, 5) is 4.39. The highest BCUT2D eigenvalue weighted by Crippen LogP contribution is 2.17. The lowest BCUT2D eigenvalue weighted by atomic mass is 10.0. The summed E-state index contributed by atoms with van der Waals surface area (Å²) in [6.45, 7) is 4.83. The maximum absolute atomic E-state index is 5.93. The summed E-state index contributed by atoms with van der Waals surface area (Å²) < 4.78 is 0. The van der Waals surface area contributed by atoms with Crippen LogP contribution in [0.15, 0.2) is 5.38 Å². The van der Waals surface area contributed by atoms with Crippen LogP contribution in [0.25, 0.3) is 0 Å². The van der Waals surface area contributed by atoms with Crippen molar-refractivity contribution < 1.29 is 0 Å². The molecule has 0 saturated carbocycles. The number of halogens is 2. The van der Waals surface area contributed by atoms with Crippen molar-refractivity contribution in [3.05, 3.63) is 16.1 Å². The SMILES string of the molecule is CCC(CCl)(CCl)NCc1nc(C)cs1. The molecule has 0 aromatic carbocycles. The molecule has 0 aliphatic rings. The predicted octanol–water partition coefficient (Wildman–Crippen LogP) is 3.17. The second-order valence-electron chi connectivity index (χ2n) is 3.64. The van der Waals surface area contributed by atoms with E-state index in [-0.39, 0.29) is 5.54 Å². The van der Waals surface area contributed by atoms with Gasteiger partial charge in [0, 0.05) is 34.9 Å². The normalized spacial score (nSPS) is 12.0. The second kappa shape index (κ2) is 6.04. The Balaban J connectivity index is 2.54. The summed E-state index contributed by atoms with van der Waals surface area (Å²) >= 11 is 13.5. The number of rotatable bonds is 6. The Hall–Kier alpha value is 0.170. The Kier molecular flexibility index (Phi) is 5.33. The molecule has 0 aliphatic heterocycles. The van der Waals surface area contributed by atoms with Crippen LogP contribution < -0.4 is 5.32 Å². The molecule has 1 N–H and O–H groups in total. The van der Waals surface area contributed by atoms with E-state index in [1.54, 1.807) is 11.3 Å². The van der Waals surface area contributed by atoms with Crippen LogP contribution in [0, 0.1) is 6.92 Å². The number of hydrogen-bond acceptors (Lipinski definition) is 3. The minimum atomic E-state index is -0.164. The van der Waals surface area contributed by atoms with Crippen LogP contribution in [0.3, 0.4) is 0 Å². The van der Waals surface area contributed by atoms with Gasteiger partial charge in [0.2, 0.25) is 0 Å². The van der Waals surface area contributed by atoms with Crippen molar-refractivity contribution in [1.29, 1.82) is 0 Å². The topological polar surface area (TPSA) is 24.9 Å². The van der Waals surface area contributed by atoms with E-state index in [1.165, 1.54) is 0 Å². The molecule has 1 heterocycles. The second-order valence-corrected chi connectivity index (χ2v) is 5.11. The van der Waals surface area contributed by atoms with Gasteiger partial charge in [0.15, 0.2) is 0 Å². The Morgan fingerprint density at radius 2 is 2.13 bits per heavy atom. The Morgan fingerprint density at radius 3 is 2.53 bits per heavy atom. The molecule has 5 heteroatoms. The molecule has 0 atom stereocenters. The summed E-state index contributed by atoms with van der Waals surface area (Å²) in [6.07, 6.45) is 0.921. The van der Waals surface area contributed by atoms with Crippen LogP contribution in [-0.2, 0) is 6.54 Å². The van der Waals surface area contributed by atoms with E-state index >= 15 is 0 Å². The maximum atomic E-state index is 5.93. The molecule has 15 heavy (non-hydrogen) atoms. The molecule has 0 bridgehead atoms. The molecular weight excluding hydrogens is 251 g/mol. The average molecular weight is 267 g/mol. The van der Waals surface area contributed by atoms with Crippen molar-refractivity contribution in [1.82, 2.24) is 10.3 Å². The highest BCUT2D eigenvalue weighted by atomic mass is 35.5. The fraction of sp³-hybridized carbons (Fsp3) is 0.700. The van der Waals surface area contributed by atoms with Gasteiger partial charge in [-0.3, -0.25) is 0 Å². The zero-order chi connectivity index (χ0) is 11.3. The molecule has 0 aliphatic carbocycles. The molecule has 0 radical (unpaired) electrons. The van der Waals surface area contributed by atoms with Crippen molar-refractivity contribution in [2.45, 2.75) is 32.4 Å². The van der Waals surface area contributed by atoms with Crippen molar-refractivity contribution in [3.63, 3.8) is 0 Å². The number of nitrogens with one attached hydrogen (secondary N) is 1. The lowest BCUT2D eigenvalue weighted by molar-refractivity contribution is 0.384. The fourth-order valence-corrected chi connectivity index (χ4v) is 2.76. The van der Waals surface area contributed by atoms with Gasteiger partial charge < -0.3 is 5.32 Å². The Bertz CT molecular complexity index is 289. The van der Waals surface area contributed by atoms with Gasteiger partial charge in [0.25, 0.3) is 0 Å². The van der Waals surface area contributed by atoms with E-state index in [1.807, 2.05) is 12.3 Å². The van der Waals surface area contributed by atoms with Crippen LogP contribution in [-0.4, -0.2) is 22.3 Å². The van der Waals surface area contributed by atoms with Crippen molar-refractivity contribution in [2.75, 3.05) is 11.8 Å². The van der Waals surface area contributed by atoms with Crippen molar-refractivity contribution in [3.8, 4) is 0 Å². The molecule has 86 valence electrons. The highest BCUT2D eigenvalue weighted by molar-refractivity contribution is 7.09. The quantitative estimate of drug-likeness (QED) is 0.801. The highest BCUT2D eigenvalue weighted by Gasteiger charge is 2.25. The minimum absolute atomic E-state index is 0.164. The lowest BCUT2D eigenvalue weighted by Gasteiger charge is -2.29. The van der Waals surface area contributed by atoms with E-state index in [9.17, 15) is 0 Å². The standard InChI is InChI=1S/C10H16Cl2N2S/c1-3-10(6-11,7-12)13-4-9-14-8(2)5-15-9/h5,13H,3-4,6-7H2,1-2H3. The molecule has 0 fully saturated rings. The summed E-state index contributed by atoms with van der Waals surface area (Å²) in [5, 5.41) is 6.53. The number of alkyl halides is 2. The summed E-state index contributed by atoms with van der Waals surface area (Å²) in [5.41, 5.74) is 0.901. The zero-order valence-electron chi connectivity index (χ0n) is 9.02. The third-order valence-electron chi connectivity index (χ3n) is 2.47. The molecule has 1 rings (SSSR count). The zero-order valence-corrected chi connectivity index (χ0v) is 11.3. The molecule has 0 spiro atoms. The van der Waals surface area contributed by atoms with Crippen LogP contribution in [0.1, 0.15) is 24.0 Å². The largest absolute Gasteiger partial charge is 0.303 e. The van der Waals surface area contributed by atoms with Crippen molar-refractivity contribution >= 4 is 34.5 Å². The van der Waals surface area contributed by atoms with E-state index < -0.39 is 0 Å². The maximum Gasteiger partial charge on any atom is 0.107 e. The number of aromatic nitrogens is 1.